The molecule has 0 aromatic heterocycles. The monoisotopic (exact) mass is 214 g/mol. The minimum atomic E-state index is 0.252. The standard InChI is InChI=1S/C7H7ClO.C4H8O/c1-5-6(8)3-2-4-7(5)9;1-3-4(2)5/h2-4,9H,1H3;3H2,1-2H3. The highest BCUT2D eigenvalue weighted by molar-refractivity contribution is 6.31. The lowest BCUT2D eigenvalue weighted by atomic mass is 10.2. The second-order valence-electron chi connectivity index (χ2n) is 2.94. The predicted molar refractivity (Wildman–Crippen MR) is 58.8 cm³/mol. The van der Waals surface area contributed by atoms with Crippen molar-refractivity contribution in [2.24, 2.45) is 0 Å². The lowest BCUT2D eigenvalue weighted by molar-refractivity contribution is -0.116. The van der Waals surface area contributed by atoms with Crippen LogP contribution in [0.4, 0.5) is 0 Å². The molecule has 0 aliphatic carbocycles. The van der Waals surface area contributed by atoms with E-state index in [-0.39, 0.29) is 11.5 Å². The van der Waals surface area contributed by atoms with Gasteiger partial charge in [-0.15, -0.1) is 0 Å². The van der Waals surface area contributed by atoms with Crippen LogP contribution in [-0.2, 0) is 4.79 Å². The highest BCUT2D eigenvalue weighted by Gasteiger charge is 1.96. The van der Waals surface area contributed by atoms with Crippen molar-refractivity contribution in [3.8, 4) is 5.75 Å². The topological polar surface area (TPSA) is 37.3 Å². The van der Waals surface area contributed by atoms with Gasteiger partial charge in [-0.25, -0.2) is 0 Å². The largest absolute Gasteiger partial charge is 0.508 e. The number of carbonyl (C=O) groups is 1. The molecule has 0 saturated carbocycles. The molecule has 1 aromatic carbocycles. The summed E-state index contributed by atoms with van der Waals surface area (Å²) >= 11 is 5.65. The molecular weight excluding hydrogens is 200 g/mol. The molecule has 3 heteroatoms. The number of rotatable bonds is 1. The number of benzene rings is 1. The quantitative estimate of drug-likeness (QED) is 0.779. The average Bonchev–Trinajstić information content (AvgIpc) is 2.15. The van der Waals surface area contributed by atoms with Gasteiger partial charge >= 0.3 is 0 Å². The Morgan fingerprint density at radius 3 is 2.29 bits per heavy atom. The Kier molecular flexibility index (Phi) is 5.97. The third-order valence-electron chi connectivity index (χ3n) is 1.74. The van der Waals surface area contributed by atoms with Crippen LogP contribution in [0.15, 0.2) is 18.2 Å². The zero-order valence-electron chi connectivity index (χ0n) is 8.67. The number of hydrogen-bond acceptors (Lipinski definition) is 2. The summed E-state index contributed by atoms with van der Waals surface area (Å²) in [5.41, 5.74) is 0.735. The second kappa shape index (κ2) is 6.44. The minimum absolute atomic E-state index is 0.252. The van der Waals surface area contributed by atoms with Gasteiger partial charge in [-0.05, 0) is 26.0 Å². The molecule has 0 amide bonds. The molecule has 0 aliphatic rings. The highest BCUT2D eigenvalue weighted by atomic mass is 35.5. The Hall–Kier alpha value is -1.02. The number of ketones is 1. The third kappa shape index (κ3) is 4.87. The molecule has 0 saturated heterocycles. The predicted octanol–water partition coefficient (Wildman–Crippen LogP) is 3.34. The van der Waals surface area contributed by atoms with Crippen molar-refractivity contribution in [2.45, 2.75) is 27.2 Å². The molecule has 14 heavy (non-hydrogen) atoms. The van der Waals surface area contributed by atoms with E-state index in [1.807, 2.05) is 6.92 Å². The van der Waals surface area contributed by atoms with Crippen LogP contribution in [0.1, 0.15) is 25.8 Å². The lowest BCUT2D eigenvalue weighted by Crippen LogP contribution is -1.80. The molecule has 0 fully saturated rings. The summed E-state index contributed by atoms with van der Waals surface area (Å²) < 4.78 is 0. The summed E-state index contributed by atoms with van der Waals surface area (Å²) in [5, 5.41) is 9.62. The van der Waals surface area contributed by atoms with Crippen molar-refractivity contribution in [3.63, 3.8) is 0 Å². The number of aromatic hydroxyl groups is 1. The van der Waals surface area contributed by atoms with E-state index in [4.69, 9.17) is 16.7 Å². The van der Waals surface area contributed by atoms with Gasteiger partial charge in [0.25, 0.3) is 0 Å². The number of halogens is 1. The average molecular weight is 215 g/mol. The summed E-state index contributed by atoms with van der Waals surface area (Å²) in [6, 6.07) is 5.07. The van der Waals surface area contributed by atoms with E-state index < -0.39 is 0 Å². The van der Waals surface area contributed by atoms with Gasteiger partial charge in [-0.2, -0.15) is 0 Å². The van der Waals surface area contributed by atoms with Gasteiger partial charge in [0.15, 0.2) is 0 Å². The second-order valence-corrected chi connectivity index (χ2v) is 3.35. The Bertz CT molecular complexity index is 288. The zero-order chi connectivity index (χ0) is 11.1. The first-order valence-corrected chi connectivity index (χ1v) is 4.80. The van der Waals surface area contributed by atoms with Gasteiger partial charge in [0.05, 0.1) is 0 Å². The lowest BCUT2D eigenvalue weighted by Gasteiger charge is -1.97. The summed E-state index contributed by atoms with van der Waals surface area (Å²) in [5.74, 6) is 0.507. The number of phenolic OH excluding ortho intramolecular Hbond substituents is 1. The van der Waals surface area contributed by atoms with Gasteiger partial charge in [-0.1, -0.05) is 24.6 Å². The Morgan fingerprint density at radius 1 is 1.50 bits per heavy atom. The Balaban J connectivity index is 0.000000292. The van der Waals surface area contributed by atoms with Crippen LogP contribution in [0.5, 0.6) is 5.75 Å². The Morgan fingerprint density at radius 2 is 2.00 bits per heavy atom. The highest BCUT2D eigenvalue weighted by Crippen LogP contribution is 2.22. The van der Waals surface area contributed by atoms with Crippen molar-refractivity contribution in [1.82, 2.24) is 0 Å². The SMILES string of the molecule is CCC(C)=O.Cc1c(O)cccc1Cl. The van der Waals surface area contributed by atoms with Crippen molar-refractivity contribution in [1.29, 1.82) is 0 Å². The van der Waals surface area contributed by atoms with E-state index in [2.05, 4.69) is 0 Å². The van der Waals surface area contributed by atoms with Crippen molar-refractivity contribution < 1.29 is 9.90 Å². The summed E-state index contributed by atoms with van der Waals surface area (Å²) in [4.78, 5) is 9.81. The zero-order valence-corrected chi connectivity index (χ0v) is 9.43. The fourth-order valence-corrected chi connectivity index (χ4v) is 0.766. The summed E-state index contributed by atoms with van der Waals surface area (Å²) in [7, 11) is 0. The molecule has 0 spiro atoms. The smallest absolute Gasteiger partial charge is 0.129 e. The first-order valence-electron chi connectivity index (χ1n) is 4.42. The molecule has 1 N–H and O–H groups in total. The van der Waals surface area contributed by atoms with Gasteiger partial charge < -0.3 is 9.90 Å². The first-order chi connectivity index (χ1) is 6.49. The van der Waals surface area contributed by atoms with Crippen molar-refractivity contribution >= 4 is 17.4 Å². The molecule has 0 atom stereocenters. The van der Waals surface area contributed by atoms with Crippen molar-refractivity contribution in [2.75, 3.05) is 0 Å². The van der Waals surface area contributed by atoms with E-state index in [0.717, 1.165) is 5.56 Å². The van der Waals surface area contributed by atoms with Crippen molar-refractivity contribution in [3.05, 3.63) is 28.8 Å². The normalized spacial score (nSPS) is 8.86. The van der Waals surface area contributed by atoms with Crippen LogP contribution in [0.2, 0.25) is 5.02 Å². The van der Waals surface area contributed by atoms with E-state index in [9.17, 15) is 4.79 Å². The maximum atomic E-state index is 9.81. The molecule has 0 unspecified atom stereocenters. The summed E-state index contributed by atoms with van der Waals surface area (Å²) in [6.45, 7) is 5.21. The molecule has 1 rings (SSSR count). The van der Waals surface area contributed by atoms with Gasteiger partial charge in [0.2, 0.25) is 0 Å². The fourth-order valence-electron chi connectivity index (χ4n) is 0.596. The number of phenols is 1. The molecule has 78 valence electrons. The maximum Gasteiger partial charge on any atom is 0.129 e. The molecule has 0 bridgehead atoms. The fraction of sp³-hybridized carbons (Fsp3) is 0.364. The molecule has 0 heterocycles. The Labute approximate surface area is 89.5 Å². The van der Waals surface area contributed by atoms with Crippen LogP contribution in [0, 0.1) is 6.92 Å². The summed E-state index contributed by atoms with van der Waals surface area (Å²) in [6.07, 6.45) is 0.667. The molecule has 2 nitrogen and oxygen atoms in total. The molecule has 0 radical (unpaired) electrons. The number of Topliss-reactive ketones (excluding diaryl/α,β-unsaturated/α-hetero) is 1. The van der Waals surface area contributed by atoms with Crippen LogP contribution >= 0.6 is 11.6 Å². The van der Waals surface area contributed by atoms with Crippen LogP contribution in [-0.4, -0.2) is 10.9 Å². The third-order valence-corrected chi connectivity index (χ3v) is 2.15. The van der Waals surface area contributed by atoms with E-state index in [0.29, 0.717) is 11.4 Å². The van der Waals surface area contributed by atoms with E-state index >= 15 is 0 Å². The van der Waals surface area contributed by atoms with E-state index in [1.165, 1.54) is 0 Å². The van der Waals surface area contributed by atoms with E-state index in [1.54, 1.807) is 32.0 Å². The number of carbonyl (C=O) groups excluding carboxylic acids is 1. The van der Waals surface area contributed by atoms with Crippen LogP contribution < -0.4 is 0 Å². The van der Waals surface area contributed by atoms with Gasteiger partial charge in [-0.3, -0.25) is 0 Å². The molecular formula is C11H15ClO2. The van der Waals surface area contributed by atoms with Gasteiger partial charge in [0, 0.05) is 17.0 Å². The maximum absolute atomic E-state index is 9.81. The number of hydrogen-bond donors (Lipinski definition) is 1. The van der Waals surface area contributed by atoms with Crippen LogP contribution in [0.25, 0.3) is 0 Å². The molecule has 1 aromatic rings. The van der Waals surface area contributed by atoms with Gasteiger partial charge in [0.1, 0.15) is 11.5 Å². The minimum Gasteiger partial charge on any atom is -0.508 e. The molecule has 0 aliphatic heterocycles. The first kappa shape index (κ1) is 13.0. The van der Waals surface area contributed by atoms with Crippen LogP contribution in [0.3, 0.4) is 0 Å².